The third-order valence-electron chi connectivity index (χ3n) is 4.87. The van der Waals surface area contributed by atoms with Gasteiger partial charge in [-0.3, -0.25) is 15.0 Å². The molecule has 1 fully saturated rings. The number of nitro groups is 1. The Morgan fingerprint density at radius 2 is 1.85 bits per heavy atom. The quantitative estimate of drug-likeness (QED) is 0.606. The molecule has 0 N–H and O–H groups in total. The van der Waals surface area contributed by atoms with E-state index in [9.17, 15) is 15.4 Å². The first kappa shape index (κ1) is 17.1. The second-order valence-corrected chi connectivity index (χ2v) is 6.52. The number of fused-ring (bicyclic) bond motifs is 1. The van der Waals surface area contributed by atoms with Crippen LogP contribution in [0.25, 0.3) is 0 Å². The number of anilines is 1. The molecule has 0 atom stereocenters. The standard InChI is InChI=1S/C19H18N4O4/c20-11-15-10-16(23(24)25)2-3-17(15)22-7-5-21(6-8-22)12-14-1-4-18-19(9-14)27-13-26-18/h1-4,9-10H,5-8,12-13H2. The van der Waals surface area contributed by atoms with Crippen molar-refractivity contribution in [1.29, 1.82) is 5.26 Å². The molecule has 138 valence electrons. The maximum Gasteiger partial charge on any atom is 0.270 e. The number of nitrogens with zero attached hydrogens (tertiary/aromatic N) is 4. The highest BCUT2D eigenvalue weighted by Crippen LogP contribution is 2.33. The summed E-state index contributed by atoms with van der Waals surface area (Å²) in [7, 11) is 0. The Labute approximate surface area is 156 Å². The summed E-state index contributed by atoms with van der Waals surface area (Å²) in [5, 5.41) is 20.3. The van der Waals surface area contributed by atoms with Gasteiger partial charge in [-0.15, -0.1) is 0 Å². The van der Waals surface area contributed by atoms with Crippen LogP contribution in [0, 0.1) is 21.4 Å². The van der Waals surface area contributed by atoms with Crippen LogP contribution in [0.5, 0.6) is 11.5 Å². The Morgan fingerprint density at radius 1 is 1.07 bits per heavy atom. The third kappa shape index (κ3) is 3.50. The molecule has 0 aliphatic carbocycles. The van der Waals surface area contributed by atoms with E-state index in [4.69, 9.17) is 9.47 Å². The van der Waals surface area contributed by atoms with Crippen LogP contribution < -0.4 is 14.4 Å². The first-order valence-electron chi connectivity index (χ1n) is 8.68. The summed E-state index contributed by atoms with van der Waals surface area (Å²) < 4.78 is 10.8. The lowest BCUT2D eigenvalue weighted by atomic mass is 10.1. The fraction of sp³-hybridized carbons (Fsp3) is 0.316. The maximum atomic E-state index is 10.9. The maximum absolute atomic E-state index is 10.9. The smallest absolute Gasteiger partial charge is 0.270 e. The molecule has 27 heavy (non-hydrogen) atoms. The van der Waals surface area contributed by atoms with E-state index < -0.39 is 4.92 Å². The second-order valence-electron chi connectivity index (χ2n) is 6.52. The summed E-state index contributed by atoms with van der Waals surface area (Å²) in [6.07, 6.45) is 0. The van der Waals surface area contributed by atoms with Crippen molar-refractivity contribution in [3.63, 3.8) is 0 Å². The summed E-state index contributed by atoms with van der Waals surface area (Å²) in [5.41, 5.74) is 2.21. The number of hydrogen-bond acceptors (Lipinski definition) is 7. The summed E-state index contributed by atoms with van der Waals surface area (Å²) >= 11 is 0. The van der Waals surface area contributed by atoms with Gasteiger partial charge in [0.05, 0.1) is 16.2 Å². The van der Waals surface area contributed by atoms with E-state index in [0.29, 0.717) is 5.56 Å². The molecule has 2 aromatic carbocycles. The number of benzene rings is 2. The average molecular weight is 366 g/mol. The highest BCUT2D eigenvalue weighted by molar-refractivity contribution is 5.63. The van der Waals surface area contributed by atoms with Crippen molar-refractivity contribution >= 4 is 11.4 Å². The Kier molecular flexibility index (Phi) is 4.52. The Morgan fingerprint density at radius 3 is 2.59 bits per heavy atom. The Bertz CT molecular complexity index is 916. The van der Waals surface area contributed by atoms with Gasteiger partial charge < -0.3 is 14.4 Å². The molecule has 0 spiro atoms. The molecule has 0 radical (unpaired) electrons. The molecule has 2 aromatic rings. The molecule has 0 saturated carbocycles. The molecule has 2 heterocycles. The normalized spacial score (nSPS) is 16.2. The van der Waals surface area contributed by atoms with Gasteiger partial charge in [0, 0.05) is 44.9 Å². The zero-order valence-electron chi connectivity index (χ0n) is 14.6. The number of piperazine rings is 1. The lowest BCUT2D eigenvalue weighted by Gasteiger charge is -2.36. The molecule has 2 aliphatic heterocycles. The fourth-order valence-corrected chi connectivity index (χ4v) is 3.45. The van der Waals surface area contributed by atoms with Crippen LogP contribution in [0.15, 0.2) is 36.4 Å². The molecule has 0 unspecified atom stereocenters. The minimum atomic E-state index is -0.478. The molecular formula is C19H18N4O4. The van der Waals surface area contributed by atoms with Crippen LogP contribution >= 0.6 is 0 Å². The molecule has 0 amide bonds. The van der Waals surface area contributed by atoms with Crippen LogP contribution in [0.4, 0.5) is 11.4 Å². The molecule has 1 saturated heterocycles. The Balaban J connectivity index is 1.40. The molecule has 2 aliphatic rings. The monoisotopic (exact) mass is 366 g/mol. The van der Waals surface area contributed by atoms with E-state index in [1.54, 1.807) is 6.07 Å². The van der Waals surface area contributed by atoms with Crippen LogP contribution in [-0.4, -0.2) is 42.8 Å². The van der Waals surface area contributed by atoms with Gasteiger partial charge in [-0.05, 0) is 23.8 Å². The van der Waals surface area contributed by atoms with Gasteiger partial charge in [0.15, 0.2) is 11.5 Å². The minimum Gasteiger partial charge on any atom is -0.454 e. The van der Waals surface area contributed by atoms with Crippen molar-refractivity contribution < 1.29 is 14.4 Å². The number of nitro benzene ring substituents is 1. The first-order chi connectivity index (χ1) is 13.1. The zero-order chi connectivity index (χ0) is 18.8. The summed E-state index contributed by atoms with van der Waals surface area (Å²) in [6, 6.07) is 12.5. The van der Waals surface area contributed by atoms with E-state index >= 15 is 0 Å². The zero-order valence-corrected chi connectivity index (χ0v) is 14.6. The molecule has 0 bridgehead atoms. The van der Waals surface area contributed by atoms with Crippen molar-refractivity contribution in [3.05, 3.63) is 57.6 Å². The molecular weight excluding hydrogens is 348 g/mol. The van der Waals surface area contributed by atoms with Crippen LogP contribution in [0.1, 0.15) is 11.1 Å². The van der Waals surface area contributed by atoms with Gasteiger partial charge in [-0.1, -0.05) is 6.07 Å². The second kappa shape index (κ2) is 7.13. The summed E-state index contributed by atoms with van der Waals surface area (Å²) in [4.78, 5) is 14.9. The van der Waals surface area contributed by atoms with Crippen molar-refractivity contribution in [2.75, 3.05) is 37.9 Å². The molecule has 4 rings (SSSR count). The lowest BCUT2D eigenvalue weighted by Crippen LogP contribution is -2.46. The predicted molar refractivity (Wildman–Crippen MR) is 97.9 cm³/mol. The van der Waals surface area contributed by atoms with Gasteiger partial charge in [-0.25, -0.2) is 0 Å². The number of rotatable bonds is 4. The van der Waals surface area contributed by atoms with Gasteiger partial charge in [0.2, 0.25) is 6.79 Å². The van der Waals surface area contributed by atoms with Crippen molar-refractivity contribution in [2.24, 2.45) is 0 Å². The van der Waals surface area contributed by atoms with Gasteiger partial charge in [0.25, 0.3) is 5.69 Å². The molecule has 8 nitrogen and oxygen atoms in total. The van der Waals surface area contributed by atoms with Gasteiger partial charge >= 0.3 is 0 Å². The van der Waals surface area contributed by atoms with Crippen molar-refractivity contribution in [1.82, 2.24) is 4.90 Å². The van der Waals surface area contributed by atoms with E-state index in [0.717, 1.165) is 49.9 Å². The van der Waals surface area contributed by atoms with Gasteiger partial charge in [-0.2, -0.15) is 5.26 Å². The topological polar surface area (TPSA) is 91.9 Å². The van der Waals surface area contributed by atoms with E-state index in [1.165, 1.54) is 17.7 Å². The number of hydrogen-bond donors (Lipinski definition) is 0. The SMILES string of the molecule is N#Cc1cc([N+](=O)[O-])ccc1N1CCN(Cc2ccc3c(c2)OCO3)CC1. The largest absolute Gasteiger partial charge is 0.454 e. The van der Waals surface area contributed by atoms with Crippen LogP contribution in [0.2, 0.25) is 0 Å². The Hall–Kier alpha value is -3.31. The van der Waals surface area contributed by atoms with E-state index in [-0.39, 0.29) is 12.5 Å². The van der Waals surface area contributed by atoms with Crippen LogP contribution in [-0.2, 0) is 6.54 Å². The minimum absolute atomic E-state index is 0.0586. The summed E-state index contributed by atoms with van der Waals surface area (Å²) in [6.45, 7) is 4.30. The fourth-order valence-electron chi connectivity index (χ4n) is 3.45. The number of ether oxygens (including phenoxy) is 2. The first-order valence-corrected chi connectivity index (χ1v) is 8.68. The molecule has 0 aromatic heterocycles. The summed E-state index contributed by atoms with van der Waals surface area (Å²) in [5.74, 6) is 1.57. The number of nitriles is 1. The lowest BCUT2D eigenvalue weighted by molar-refractivity contribution is -0.384. The predicted octanol–water partition coefficient (Wildman–Crippen LogP) is 2.52. The van der Waals surface area contributed by atoms with E-state index in [1.807, 2.05) is 18.2 Å². The third-order valence-corrected chi connectivity index (χ3v) is 4.87. The van der Waals surface area contributed by atoms with Crippen molar-refractivity contribution in [3.8, 4) is 17.6 Å². The van der Waals surface area contributed by atoms with Gasteiger partial charge in [0.1, 0.15) is 6.07 Å². The number of non-ortho nitro benzene ring substituents is 1. The highest BCUT2D eigenvalue weighted by atomic mass is 16.7. The van der Waals surface area contributed by atoms with Crippen LogP contribution in [0.3, 0.4) is 0 Å². The van der Waals surface area contributed by atoms with Crippen molar-refractivity contribution in [2.45, 2.75) is 6.54 Å². The average Bonchev–Trinajstić information content (AvgIpc) is 3.16. The highest BCUT2D eigenvalue weighted by Gasteiger charge is 2.22. The molecule has 8 heteroatoms. The van der Waals surface area contributed by atoms with E-state index in [2.05, 4.69) is 15.9 Å².